The summed E-state index contributed by atoms with van der Waals surface area (Å²) in [5, 5.41) is 18.8. The maximum absolute atomic E-state index is 9.51. The zero-order valence-electron chi connectivity index (χ0n) is 10.7. The molecule has 0 saturated carbocycles. The summed E-state index contributed by atoms with van der Waals surface area (Å²) in [7, 11) is 0. The fourth-order valence-corrected chi connectivity index (χ4v) is 2.69. The van der Waals surface area contributed by atoms with Gasteiger partial charge >= 0.3 is 0 Å². The first-order chi connectivity index (χ1) is 8.70. The van der Waals surface area contributed by atoms with Gasteiger partial charge < -0.3 is 15.9 Å². The molecular formula is C14H22N2O2. The molecule has 0 aliphatic carbocycles. The monoisotopic (exact) mass is 250 g/mol. The summed E-state index contributed by atoms with van der Waals surface area (Å²) in [6, 6.07) is 5.61. The number of phenols is 2. The zero-order valence-corrected chi connectivity index (χ0v) is 10.7. The number of nitrogens with zero attached hydrogens (tertiary/aromatic N) is 1. The molecule has 4 heteroatoms. The molecule has 0 amide bonds. The molecule has 0 aromatic heterocycles. The van der Waals surface area contributed by atoms with Crippen LogP contribution >= 0.6 is 0 Å². The van der Waals surface area contributed by atoms with Crippen molar-refractivity contribution in [3.05, 3.63) is 23.8 Å². The van der Waals surface area contributed by atoms with E-state index in [1.807, 2.05) is 6.07 Å². The van der Waals surface area contributed by atoms with E-state index in [-0.39, 0.29) is 11.5 Å². The Kier molecular flexibility index (Phi) is 4.44. The molecule has 4 N–H and O–H groups in total. The minimum absolute atomic E-state index is 0.0418. The highest BCUT2D eigenvalue weighted by Crippen LogP contribution is 2.27. The molecule has 1 aromatic carbocycles. The Morgan fingerprint density at radius 2 is 2.06 bits per heavy atom. The van der Waals surface area contributed by atoms with Crippen molar-refractivity contribution in [3.63, 3.8) is 0 Å². The van der Waals surface area contributed by atoms with Crippen molar-refractivity contribution in [2.24, 2.45) is 5.73 Å². The summed E-state index contributed by atoms with van der Waals surface area (Å²) in [6.45, 7) is 2.63. The van der Waals surface area contributed by atoms with Crippen LogP contribution in [0.2, 0.25) is 0 Å². The predicted molar refractivity (Wildman–Crippen MR) is 71.5 cm³/mol. The number of aromatic hydroxyl groups is 2. The van der Waals surface area contributed by atoms with Gasteiger partial charge in [-0.15, -0.1) is 0 Å². The largest absolute Gasteiger partial charge is 0.504 e. The van der Waals surface area contributed by atoms with E-state index in [4.69, 9.17) is 5.73 Å². The summed E-state index contributed by atoms with van der Waals surface area (Å²) >= 11 is 0. The summed E-state index contributed by atoms with van der Waals surface area (Å²) in [4.78, 5) is 2.43. The highest BCUT2D eigenvalue weighted by molar-refractivity contribution is 5.40. The van der Waals surface area contributed by atoms with Crippen molar-refractivity contribution in [2.75, 3.05) is 13.1 Å². The van der Waals surface area contributed by atoms with Crippen LogP contribution in [0.15, 0.2) is 18.2 Å². The second kappa shape index (κ2) is 6.07. The second-order valence-corrected chi connectivity index (χ2v) is 5.02. The Labute approximate surface area is 108 Å². The maximum atomic E-state index is 9.51. The smallest absolute Gasteiger partial charge is 0.157 e. The summed E-state index contributed by atoms with van der Waals surface area (Å²) in [6.07, 6.45) is 4.75. The normalized spacial score (nSPS) is 21.1. The van der Waals surface area contributed by atoms with Gasteiger partial charge in [-0.25, -0.2) is 0 Å². The van der Waals surface area contributed by atoms with Gasteiger partial charge in [0.25, 0.3) is 0 Å². The van der Waals surface area contributed by atoms with Crippen molar-refractivity contribution in [3.8, 4) is 11.5 Å². The molecule has 0 spiro atoms. The average Bonchev–Trinajstić information content (AvgIpc) is 2.37. The van der Waals surface area contributed by atoms with Crippen LogP contribution in [0.1, 0.15) is 31.2 Å². The number of hydrogen-bond donors (Lipinski definition) is 3. The van der Waals surface area contributed by atoms with Gasteiger partial charge in [0.15, 0.2) is 11.5 Å². The Morgan fingerprint density at radius 1 is 1.22 bits per heavy atom. The maximum Gasteiger partial charge on any atom is 0.157 e. The van der Waals surface area contributed by atoms with E-state index in [1.165, 1.54) is 19.3 Å². The second-order valence-electron chi connectivity index (χ2n) is 5.02. The Balaban J connectivity index is 2.03. The first-order valence-corrected chi connectivity index (χ1v) is 6.65. The highest BCUT2D eigenvalue weighted by atomic mass is 16.3. The fraction of sp³-hybridized carbons (Fsp3) is 0.571. The van der Waals surface area contributed by atoms with Gasteiger partial charge in [-0.1, -0.05) is 12.5 Å². The van der Waals surface area contributed by atoms with Gasteiger partial charge in [-0.3, -0.25) is 4.90 Å². The highest BCUT2D eigenvalue weighted by Gasteiger charge is 2.21. The van der Waals surface area contributed by atoms with Gasteiger partial charge in [-0.05, 0) is 50.0 Å². The van der Waals surface area contributed by atoms with Gasteiger partial charge in [0.1, 0.15) is 0 Å². The third kappa shape index (κ3) is 3.15. The third-order valence-electron chi connectivity index (χ3n) is 3.67. The molecule has 1 aliphatic heterocycles. The van der Waals surface area contributed by atoms with Crippen LogP contribution in [0.3, 0.4) is 0 Å². The molecule has 18 heavy (non-hydrogen) atoms. The van der Waals surface area contributed by atoms with Crippen LogP contribution in [0, 0.1) is 0 Å². The van der Waals surface area contributed by atoms with E-state index in [1.54, 1.807) is 12.1 Å². The molecule has 100 valence electrons. The number of piperidine rings is 1. The third-order valence-corrected chi connectivity index (χ3v) is 3.67. The summed E-state index contributed by atoms with van der Waals surface area (Å²) < 4.78 is 0. The lowest BCUT2D eigenvalue weighted by atomic mass is 9.98. The Hall–Kier alpha value is -1.26. The zero-order chi connectivity index (χ0) is 13.0. The molecule has 1 atom stereocenters. The number of likely N-dealkylation sites (tertiary alicyclic amines) is 1. The average molecular weight is 250 g/mol. The molecular weight excluding hydrogens is 228 g/mol. The molecule has 1 saturated heterocycles. The Bertz CT molecular complexity index is 393. The predicted octanol–water partition coefficient (Wildman–Crippen LogP) is 1.80. The first kappa shape index (κ1) is 13.2. The van der Waals surface area contributed by atoms with Gasteiger partial charge in [0, 0.05) is 12.6 Å². The summed E-state index contributed by atoms with van der Waals surface area (Å²) in [5.74, 6) is -0.101. The van der Waals surface area contributed by atoms with Crippen molar-refractivity contribution < 1.29 is 10.2 Å². The lowest BCUT2D eigenvalue weighted by Gasteiger charge is -2.35. The van der Waals surface area contributed by atoms with Crippen LogP contribution in [0.4, 0.5) is 0 Å². The Morgan fingerprint density at radius 3 is 2.78 bits per heavy atom. The number of nitrogens with two attached hydrogens (primary N) is 1. The number of phenolic OH excluding ortho intramolecular Hbond substituents is 2. The molecule has 1 aromatic rings. The lowest BCUT2D eigenvalue weighted by Crippen LogP contribution is -2.40. The number of rotatable bonds is 4. The van der Waals surface area contributed by atoms with Gasteiger partial charge in [0.2, 0.25) is 0 Å². The van der Waals surface area contributed by atoms with Crippen molar-refractivity contribution in [1.29, 1.82) is 0 Å². The van der Waals surface area contributed by atoms with E-state index < -0.39 is 0 Å². The van der Waals surface area contributed by atoms with E-state index in [2.05, 4.69) is 4.90 Å². The van der Waals surface area contributed by atoms with Gasteiger partial charge in [-0.2, -0.15) is 0 Å². The molecule has 1 heterocycles. The topological polar surface area (TPSA) is 69.7 Å². The molecule has 1 aliphatic rings. The van der Waals surface area contributed by atoms with E-state index in [0.29, 0.717) is 6.04 Å². The van der Waals surface area contributed by atoms with Crippen molar-refractivity contribution in [2.45, 2.75) is 38.3 Å². The first-order valence-electron chi connectivity index (χ1n) is 6.65. The van der Waals surface area contributed by atoms with Crippen molar-refractivity contribution in [1.82, 2.24) is 4.90 Å². The quantitative estimate of drug-likeness (QED) is 0.713. The summed E-state index contributed by atoms with van der Waals surface area (Å²) in [5.41, 5.74) is 6.70. The minimum Gasteiger partial charge on any atom is -0.504 e. The molecule has 0 bridgehead atoms. The minimum atomic E-state index is -0.0593. The number of hydrogen-bond acceptors (Lipinski definition) is 4. The molecule has 0 radical (unpaired) electrons. The molecule has 2 rings (SSSR count). The molecule has 1 unspecified atom stereocenters. The molecule has 1 fully saturated rings. The van der Waals surface area contributed by atoms with Gasteiger partial charge in [0.05, 0.1) is 0 Å². The van der Waals surface area contributed by atoms with Crippen LogP contribution in [-0.2, 0) is 6.54 Å². The van der Waals surface area contributed by atoms with E-state index >= 15 is 0 Å². The standard InChI is InChI=1S/C14H22N2O2/c15-7-6-12-3-1-2-8-16(12)10-11-4-5-13(17)14(18)9-11/h4-5,9,12,17-18H,1-3,6-8,10,15H2. The van der Waals surface area contributed by atoms with E-state index in [0.717, 1.165) is 31.6 Å². The lowest BCUT2D eigenvalue weighted by molar-refractivity contribution is 0.134. The fourth-order valence-electron chi connectivity index (χ4n) is 2.69. The van der Waals surface area contributed by atoms with Crippen LogP contribution in [-0.4, -0.2) is 34.2 Å². The molecule has 4 nitrogen and oxygen atoms in total. The van der Waals surface area contributed by atoms with Crippen LogP contribution in [0.25, 0.3) is 0 Å². The van der Waals surface area contributed by atoms with Crippen molar-refractivity contribution >= 4 is 0 Å². The number of benzene rings is 1. The van der Waals surface area contributed by atoms with Crippen LogP contribution < -0.4 is 5.73 Å². The van der Waals surface area contributed by atoms with E-state index in [9.17, 15) is 10.2 Å². The van der Waals surface area contributed by atoms with Crippen LogP contribution in [0.5, 0.6) is 11.5 Å². The SMILES string of the molecule is NCCC1CCCCN1Cc1ccc(O)c(O)c1.